The van der Waals surface area contributed by atoms with Gasteiger partial charge in [0.1, 0.15) is 6.10 Å². The molecule has 1 saturated carbocycles. The van der Waals surface area contributed by atoms with Crippen LogP contribution in [0.5, 0.6) is 5.75 Å². The van der Waals surface area contributed by atoms with E-state index < -0.39 is 11.0 Å². The van der Waals surface area contributed by atoms with Crippen LogP contribution in [0.4, 0.5) is 5.69 Å². The summed E-state index contributed by atoms with van der Waals surface area (Å²) >= 11 is 0. The summed E-state index contributed by atoms with van der Waals surface area (Å²) in [5.41, 5.74) is 0.895. The molecule has 1 aromatic carbocycles. The fourth-order valence-corrected chi connectivity index (χ4v) is 2.58. The van der Waals surface area contributed by atoms with E-state index in [1.807, 2.05) is 13.0 Å². The number of aliphatic hydroxyl groups is 1. The summed E-state index contributed by atoms with van der Waals surface area (Å²) < 4.78 is 5.75. The van der Waals surface area contributed by atoms with Crippen LogP contribution < -0.4 is 4.74 Å². The molecule has 2 unspecified atom stereocenters. The van der Waals surface area contributed by atoms with Gasteiger partial charge in [0.25, 0.3) is 0 Å². The molecule has 1 aliphatic carbocycles. The monoisotopic (exact) mass is 279 g/mol. The summed E-state index contributed by atoms with van der Waals surface area (Å²) in [7, 11) is 0. The maximum absolute atomic E-state index is 11.1. The molecule has 5 nitrogen and oxygen atoms in total. The van der Waals surface area contributed by atoms with Crippen LogP contribution in [-0.4, -0.2) is 22.2 Å². The summed E-state index contributed by atoms with van der Waals surface area (Å²) in [4.78, 5) is 10.7. The highest BCUT2D eigenvalue weighted by Crippen LogP contribution is 2.31. The van der Waals surface area contributed by atoms with Crippen LogP contribution in [0.2, 0.25) is 0 Å². The molecule has 2 rings (SSSR count). The number of nitro benzene ring substituents is 1. The van der Waals surface area contributed by atoms with Crippen LogP contribution in [0.3, 0.4) is 0 Å². The first-order valence-corrected chi connectivity index (χ1v) is 7.24. The van der Waals surface area contributed by atoms with E-state index in [4.69, 9.17) is 4.74 Å². The molecule has 0 heterocycles. The smallest absolute Gasteiger partial charge is 0.311 e. The van der Waals surface area contributed by atoms with Crippen molar-refractivity contribution in [1.82, 2.24) is 0 Å². The van der Waals surface area contributed by atoms with Crippen molar-refractivity contribution in [2.45, 2.75) is 57.7 Å². The highest BCUT2D eigenvalue weighted by atomic mass is 16.6. The van der Waals surface area contributed by atoms with Crippen molar-refractivity contribution in [3.05, 3.63) is 33.9 Å². The van der Waals surface area contributed by atoms with E-state index in [0.717, 1.165) is 37.7 Å². The van der Waals surface area contributed by atoms with Gasteiger partial charge < -0.3 is 9.84 Å². The summed E-state index contributed by atoms with van der Waals surface area (Å²) in [6.07, 6.45) is 4.35. The standard InChI is InChI=1S/C15H21NO4/c1-2-11-8-9-14(12(10-11)16(18)19)20-15-7-5-3-4-6-13(15)17/h8-10,13,15,17H,2-7H2,1H3. The second-order valence-electron chi connectivity index (χ2n) is 5.27. The van der Waals surface area contributed by atoms with E-state index in [2.05, 4.69) is 0 Å². The molecule has 2 atom stereocenters. The van der Waals surface area contributed by atoms with Crippen molar-refractivity contribution < 1.29 is 14.8 Å². The predicted molar refractivity (Wildman–Crippen MR) is 76.0 cm³/mol. The molecule has 1 aromatic rings. The van der Waals surface area contributed by atoms with E-state index in [0.29, 0.717) is 6.42 Å². The van der Waals surface area contributed by atoms with E-state index in [1.165, 1.54) is 0 Å². The molecule has 0 aromatic heterocycles. The van der Waals surface area contributed by atoms with Crippen LogP contribution >= 0.6 is 0 Å². The number of rotatable bonds is 4. The van der Waals surface area contributed by atoms with Gasteiger partial charge in [-0.05, 0) is 37.3 Å². The van der Waals surface area contributed by atoms with Crippen LogP contribution in [-0.2, 0) is 6.42 Å². The van der Waals surface area contributed by atoms with Gasteiger partial charge in [0.2, 0.25) is 0 Å². The molecule has 0 radical (unpaired) electrons. The Kier molecular flexibility index (Phi) is 4.95. The quantitative estimate of drug-likeness (QED) is 0.521. The third-order valence-corrected chi connectivity index (χ3v) is 3.82. The highest BCUT2D eigenvalue weighted by Gasteiger charge is 2.26. The number of aliphatic hydroxyl groups excluding tert-OH is 1. The zero-order valence-corrected chi connectivity index (χ0v) is 11.7. The number of hydrogen-bond acceptors (Lipinski definition) is 4. The normalized spacial score (nSPS) is 23.1. The SMILES string of the molecule is CCc1ccc(OC2CCCCCC2O)c([N+](=O)[O-])c1. The second kappa shape index (κ2) is 6.70. The Balaban J connectivity index is 2.21. The van der Waals surface area contributed by atoms with Crippen molar-refractivity contribution in [1.29, 1.82) is 0 Å². The molecule has 0 spiro atoms. The number of hydrogen-bond donors (Lipinski definition) is 1. The molecule has 110 valence electrons. The lowest BCUT2D eigenvalue weighted by molar-refractivity contribution is -0.386. The molecule has 5 heteroatoms. The molecule has 1 N–H and O–H groups in total. The number of ether oxygens (including phenoxy) is 1. The number of nitro groups is 1. The molecular weight excluding hydrogens is 258 g/mol. The van der Waals surface area contributed by atoms with Crippen LogP contribution in [0.15, 0.2) is 18.2 Å². The minimum atomic E-state index is -0.539. The van der Waals surface area contributed by atoms with Gasteiger partial charge in [0, 0.05) is 6.07 Å². The fourth-order valence-electron chi connectivity index (χ4n) is 2.58. The minimum Gasteiger partial charge on any atom is -0.481 e. The Morgan fingerprint density at radius 1 is 1.35 bits per heavy atom. The van der Waals surface area contributed by atoms with E-state index in [9.17, 15) is 15.2 Å². The van der Waals surface area contributed by atoms with Crippen molar-refractivity contribution in [3.63, 3.8) is 0 Å². The molecule has 1 aliphatic rings. The van der Waals surface area contributed by atoms with Gasteiger partial charge in [0.05, 0.1) is 11.0 Å². The van der Waals surface area contributed by atoms with Gasteiger partial charge in [-0.1, -0.05) is 25.8 Å². The van der Waals surface area contributed by atoms with Crippen molar-refractivity contribution in [3.8, 4) is 5.75 Å². The average Bonchev–Trinajstić information content (AvgIpc) is 2.64. The van der Waals surface area contributed by atoms with Gasteiger partial charge in [-0.2, -0.15) is 0 Å². The third kappa shape index (κ3) is 3.48. The van der Waals surface area contributed by atoms with E-state index in [1.54, 1.807) is 12.1 Å². The molecule has 0 aliphatic heterocycles. The largest absolute Gasteiger partial charge is 0.481 e. The Hall–Kier alpha value is -1.62. The van der Waals surface area contributed by atoms with Gasteiger partial charge in [-0.3, -0.25) is 10.1 Å². The lowest BCUT2D eigenvalue weighted by Gasteiger charge is -2.22. The van der Waals surface area contributed by atoms with Crippen LogP contribution in [0.25, 0.3) is 0 Å². The van der Waals surface area contributed by atoms with Gasteiger partial charge in [-0.15, -0.1) is 0 Å². The molecule has 0 amide bonds. The first-order chi connectivity index (χ1) is 9.61. The zero-order valence-electron chi connectivity index (χ0n) is 11.7. The third-order valence-electron chi connectivity index (χ3n) is 3.82. The van der Waals surface area contributed by atoms with Gasteiger partial charge in [0.15, 0.2) is 5.75 Å². The lowest BCUT2D eigenvalue weighted by atomic mass is 10.1. The summed E-state index contributed by atoms with van der Waals surface area (Å²) in [5.74, 6) is 0.262. The fraction of sp³-hybridized carbons (Fsp3) is 0.600. The number of benzene rings is 1. The molecule has 1 fully saturated rings. The number of nitrogens with zero attached hydrogens (tertiary/aromatic N) is 1. The molecule has 0 bridgehead atoms. The zero-order chi connectivity index (χ0) is 14.5. The van der Waals surface area contributed by atoms with E-state index >= 15 is 0 Å². The Morgan fingerprint density at radius 2 is 2.10 bits per heavy atom. The predicted octanol–water partition coefficient (Wildman–Crippen LogP) is 3.23. The highest BCUT2D eigenvalue weighted by molar-refractivity contribution is 5.48. The topological polar surface area (TPSA) is 72.6 Å². The lowest BCUT2D eigenvalue weighted by Crippen LogP contribution is -2.30. The Bertz CT molecular complexity index is 475. The average molecular weight is 279 g/mol. The van der Waals surface area contributed by atoms with Gasteiger partial charge >= 0.3 is 5.69 Å². The van der Waals surface area contributed by atoms with Crippen LogP contribution in [0, 0.1) is 10.1 Å². The Morgan fingerprint density at radius 3 is 2.80 bits per heavy atom. The van der Waals surface area contributed by atoms with Crippen molar-refractivity contribution in [2.24, 2.45) is 0 Å². The Labute approximate surface area is 118 Å². The second-order valence-corrected chi connectivity index (χ2v) is 5.27. The first-order valence-electron chi connectivity index (χ1n) is 7.24. The van der Waals surface area contributed by atoms with E-state index in [-0.39, 0.29) is 17.5 Å². The first kappa shape index (κ1) is 14.8. The molecule has 20 heavy (non-hydrogen) atoms. The maximum Gasteiger partial charge on any atom is 0.311 e. The molecule has 0 saturated heterocycles. The summed E-state index contributed by atoms with van der Waals surface area (Å²) in [6.45, 7) is 1.95. The maximum atomic E-state index is 11.1. The minimum absolute atomic E-state index is 0.0132. The van der Waals surface area contributed by atoms with Gasteiger partial charge in [-0.25, -0.2) is 0 Å². The van der Waals surface area contributed by atoms with Crippen LogP contribution in [0.1, 0.15) is 44.6 Å². The summed E-state index contributed by atoms with van der Waals surface area (Å²) in [5, 5.41) is 21.2. The van der Waals surface area contributed by atoms with Crippen molar-refractivity contribution in [2.75, 3.05) is 0 Å². The summed E-state index contributed by atoms with van der Waals surface area (Å²) in [6, 6.07) is 5.04. The molecular formula is C15H21NO4. The number of aryl methyl sites for hydroxylation is 1. The van der Waals surface area contributed by atoms with Crippen molar-refractivity contribution >= 4 is 5.69 Å².